The van der Waals surface area contributed by atoms with Crippen LogP contribution in [-0.2, 0) is 4.79 Å². The molecular formula is C9H13NO. The minimum atomic E-state index is 0.0394. The first kappa shape index (κ1) is 8.05. The molecule has 1 heterocycles. The molecule has 0 unspecified atom stereocenters. The molecule has 1 aliphatic heterocycles. The number of hydrogen-bond acceptors (Lipinski definition) is 1. The highest BCUT2D eigenvalue weighted by Crippen LogP contribution is 2.10. The number of rotatable bonds is 2. The highest BCUT2D eigenvalue weighted by molar-refractivity contribution is 5.95. The predicted molar refractivity (Wildman–Crippen MR) is 45.2 cm³/mol. The van der Waals surface area contributed by atoms with Crippen LogP contribution < -0.4 is 0 Å². The molecule has 0 radical (unpaired) electrons. The third-order valence-electron chi connectivity index (χ3n) is 1.91. The molecule has 1 saturated heterocycles. The number of amides is 1. The fourth-order valence-electron chi connectivity index (χ4n) is 1.21. The molecule has 11 heavy (non-hydrogen) atoms. The molecule has 0 aromatic heterocycles. The molecule has 0 aromatic rings. The zero-order valence-electron chi connectivity index (χ0n) is 6.68. The number of carbonyl (C=O) groups excluding carboxylic acids is 1. The Labute approximate surface area is 67.2 Å². The van der Waals surface area contributed by atoms with Crippen molar-refractivity contribution in [3.05, 3.63) is 24.8 Å². The van der Waals surface area contributed by atoms with E-state index in [1.807, 2.05) is 4.90 Å². The molecule has 1 rings (SSSR count). The fourth-order valence-corrected chi connectivity index (χ4v) is 1.21. The van der Waals surface area contributed by atoms with E-state index < -0.39 is 0 Å². The Hall–Kier alpha value is -1.05. The highest BCUT2D eigenvalue weighted by atomic mass is 16.2. The van der Waals surface area contributed by atoms with Gasteiger partial charge in [-0.3, -0.25) is 4.79 Å². The van der Waals surface area contributed by atoms with Gasteiger partial charge in [0, 0.05) is 18.7 Å². The van der Waals surface area contributed by atoms with Gasteiger partial charge in [-0.25, -0.2) is 0 Å². The van der Waals surface area contributed by atoms with Gasteiger partial charge >= 0.3 is 0 Å². The average molecular weight is 151 g/mol. The van der Waals surface area contributed by atoms with Crippen molar-refractivity contribution in [3.8, 4) is 0 Å². The number of nitrogens with zero attached hydrogens (tertiary/aromatic N) is 1. The Morgan fingerprint density at radius 2 is 1.91 bits per heavy atom. The summed E-state index contributed by atoms with van der Waals surface area (Å²) < 4.78 is 0. The van der Waals surface area contributed by atoms with Crippen LogP contribution in [0.25, 0.3) is 0 Å². The van der Waals surface area contributed by atoms with E-state index >= 15 is 0 Å². The molecule has 1 amide bonds. The van der Waals surface area contributed by atoms with Gasteiger partial charge in [-0.2, -0.15) is 0 Å². The summed E-state index contributed by atoms with van der Waals surface area (Å²) in [6.07, 6.45) is 3.76. The molecule has 1 fully saturated rings. The van der Waals surface area contributed by atoms with E-state index in [1.54, 1.807) is 0 Å². The van der Waals surface area contributed by atoms with Crippen molar-refractivity contribution in [2.24, 2.45) is 0 Å². The monoisotopic (exact) mass is 151 g/mol. The summed E-state index contributed by atoms with van der Waals surface area (Å²) in [5, 5.41) is 0. The minimum Gasteiger partial charge on any atom is -0.339 e. The Balaban J connectivity index is 2.52. The molecule has 0 aliphatic carbocycles. The quantitative estimate of drug-likeness (QED) is 0.431. The molecule has 0 saturated carbocycles. The molecule has 0 spiro atoms. The van der Waals surface area contributed by atoms with Crippen LogP contribution in [0.2, 0.25) is 0 Å². The SMILES string of the molecule is C=CC(=C)C(=O)N1CCCC1. The smallest absolute Gasteiger partial charge is 0.253 e. The lowest BCUT2D eigenvalue weighted by Gasteiger charge is -2.14. The summed E-state index contributed by atoms with van der Waals surface area (Å²) in [6.45, 7) is 8.88. The van der Waals surface area contributed by atoms with Gasteiger partial charge < -0.3 is 4.90 Å². The molecule has 0 aromatic carbocycles. The highest BCUT2D eigenvalue weighted by Gasteiger charge is 2.18. The van der Waals surface area contributed by atoms with Crippen molar-refractivity contribution < 1.29 is 4.79 Å². The second-order valence-corrected chi connectivity index (χ2v) is 2.73. The van der Waals surface area contributed by atoms with Crippen molar-refractivity contribution in [2.75, 3.05) is 13.1 Å². The minimum absolute atomic E-state index is 0.0394. The van der Waals surface area contributed by atoms with Crippen LogP contribution in [0.3, 0.4) is 0 Å². The summed E-state index contributed by atoms with van der Waals surface area (Å²) in [4.78, 5) is 13.2. The van der Waals surface area contributed by atoms with Crippen LogP contribution in [0.1, 0.15) is 12.8 Å². The second kappa shape index (κ2) is 3.37. The zero-order chi connectivity index (χ0) is 8.27. The number of carbonyl (C=O) groups is 1. The standard InChI is InChI=1S/C9H13NO/c1-3-8(2)9(11)10-6-4-5-7-10/h3H,1-2,4-7H2. The van der Waals surface area contributed by atoms with E-state index in [-0.39, 0.29) is 5.91 Å². The van der Waals surface area contributed by atoms with Gasteiger partial charge in [-0.15, -0.1) is 0 Å². The summed E-state index contributed by atoms with van der Waals surface area (Å²) >= 11 is 0. The predicted octanol–water partition coefficient (Wildman–Crippen LogP) is 1.35. The van der Waals surface area contributed by atoms with Crippen molar-refractivity contribution in [1.29, 1.82) is 0 Å². The molecular weight excluding hydrogens is 138 g/mol. The lowest BCUT2D eigenvalue weighted by Crippen LogP contribution is -2.27. The van der Waals surface area contributed by atoms with Gasteiger partial charge in [0.1, 0.15) is 0 Å². The third kappa shape index (κ3) is 1.70. The lowest BCUT2D eigenvalue weighted by molar-refractivity contribution is -0.125. The normalized spacial score (nSPS) is 16.5. The maximum absolute atomic E-state index is 11.3. The average Bonchev–Trinajstić information content (AvgIpc) is 2.53. The zero-order valence-corrected chi connectivity index (χ0v) is 6.68. The first-order valence-electron chi connectivity index (χ1n) is 3.86. The van der Waals surface area contributed by atoms with E-state index in [2.05, 4.69) is 13.2 Å². The van der Waals surface area contributed by atoms with Gasteiger partial charge in [0.2, 0.25) is 0 Å². The number of likely N-dealkylation sites (tertiary alicyclic amines) is 1. The van der Waals surface area contributed by atoms with Crippen LogP contribution in [0, 0.1) is 0 Å². The van der Waals surface area contributed by atoms with Gasteiger partial charge in [0.05, 0.1) is 0 Å². The molecule has 0 N–H and O–H groups in total. The van der Waals surface area contributed by atoms with E-state index in [0.29, 0.717) is 5.57 Å². The Morgan fingerprint density at radius 3 is 2.36 bits per heavy atom. The molecule has 60 valence electrons. The lowest BCUT2D eigenvalue weighted by atomic mass is 10.2. The molecule has 2 nitrogen and oxygen atoms in total. The van der Waals surface area contributed by atoms with Crippen molar-refractivity contribution in [2.45, 2.75) is 12.8 Å². The van der Waals surface area contributed by atoms with Crippen molar-refractivity contribution in [1.82, 2.24) is 4.90 Å². The van der Waals surface area contributed by atoms with E-state index in [0.717, 1.165) is 25.9 Å². The topological polar surface area (TPSA) is 20.3 Å². The van der Waals surface area contributed by atoms with Crippen molar-refractivity contribution >= 4 is 5.91 Å². The largest absolute Gasteiger partial charge is 0.339 e. The van der Waals surface area contributed by atoms with E-state index in [4.69, 9.17) is 0 Å². The Morgan fingerprint density at radius 1 is 1.36 bits per heavy atom. The van der Waals surface area contributed by atoms with Crippen LogP contribution in [0.15, 0.2) is 24.8 Å². The fraction of sp³-hybridized carbons (Fsp3) is 0.444. The van der Waals surface area contributed by atoms with E-state index in [9.17, 15) is 4.79 Å². The first-order chi connectivity index (χ1) is 5.25. The summed E-state index contributed by atoms with van der Waals surface area (Å²) in [7, 11) is 0. The van der Waals surface area contributed by atoms with Crippen LogP contribution in [0.5, 0.6) is 0 Å². The van der Waals surface area contributed by atoms with Gasteiger partial charge in [-0.1, -0.05) is 19.2 Å². The van der Waals surface area contributed by atoms with Gasteiger partial charge in [0.25, 0.3) is 5.91 Å². The summed E-state index contributed by atoms with van der Waals surface area (Å²) in [5.74, 6) is 0.0394. The maximum atomic E-state index is 11.3. The summed E-state index contributed by atoms with van der Waals surface area (Å²) in [5.41, 5.74) is 0.506. The van der Waals surface area contributed by atoms with Crippen LogP contribution in [-0.4, -0.2) is 23.9 Å². The van der Waals surface area contributed by atoms with E-state index in [1.165, 1.54) is 6.08 Å². The maximum Gasteiger partial charge on any atom is 0.253 e. The van der Waals surface area contributed by atoms with Crippen LogP contribution >= 0.6 is 0 Å². The third-order valence-corrected chi connectivity index (χ3v) is 1.91. The number of hydrogen-bond donors (Lipinski definition) is 0. The Bertz CT molecular complexity index is 190. The first-order valence-corrected chi connectivity index (χ1v) is 3.86. The van der Waals surface area contributed by atoms with Crippen molar-refractivity contribution in [3.63, 3.8) is 0 Å². The summed E-state index contributed by atoms with van der Waals surface area (Å²) in [6, 6.07) is 0. The van der Waals surface area contributed by atoms with Gasteiger partial charge in [0.15, 0.2) is 0 Å². The molecule has 0 atom stereocenters. The van der Waals surface area contributed by atoms with Crippen LogP contribution in [0.4, 0.5) is 0 Å². The molecule has 0 bridgehead atoms. The van der Waals surface area contributed by atoms with Gasteiger partial charge in [-0.05, 0) is 12.8 Å². The Kier molecular flexibility index (Phi) is 2.47. The molecule has 2 heteroatoms. The second-order valence-electron chi connectivity index (χ2n) is 2.73. The molecule has 1 aliphatic rings.